The summed E-state index contributed by atoms with van der Waals surface area (Å²) in [6, 6.07) is 15.0. The van der Waals surface area contributed by atoms with Gasteiger partial charge < -0.3 is 25.2 Å². The van der Waals surface area contributed by atoms with Gasteiger partial charge in [-0.3, -0.25) is 9.59 Å². The number of anilines is 2. The summed E-state index contributed by atoms with van der Waals surface area (Å²) in [6.45, 7) is 3.75. The highest BCUT2D eigenvalue weighted by Crippen LogP contribution is 2.27. The van der Waals surface area contributed by atoms with Gasteiger partial charge in [0.15, 0.2) is 0 Å². The third-order valence-corrected chi connectivity index (χ3v) is 6.41. The number of aliphatic carboxylic acids is 1. The average molecular weight is 495 g/mol. The summed E-state index contributed by atoms with van der Waals surface area (Å²) in [4.78, 5) is 39.9. The number of carboxylic acid groups (broad SMARTS) is 1. The second kappa shape index (κ2) is 10.7. The molecule has 0 saturated carbocycles. The van der Waals surface area contributed by atoms with Gasteiger partial charge in [0.1, 0.15) is 5.69 Å². The van der Waals surface area contributed by atoms with E-state index in [-0.39, 0.29) is 24.2 Å². The predicted octanol–water partition coefficient (Wildman–Crippen LogP) is 4.41. The van der Waals surface area contributed by atoms with Crippen LogP contribution in [0, 0.1) is 6.92 Å². The molecular weight excluding hydrogens is 468 g/mol. The zero-order valence-electron chi connectivity index (χ0n) is 19.3. The first-order valence-corrected chi connectivity index (χ1v) is 11.8. The van der Waals surface area contributed by atoms with E-state index in [9.17, 15) is 19.5 Å². The summed E-state index contributed by atoms with van der Waals surface area (Å²) >= 11 is 6.28. The lowest BCUT2D eigenvalue weighted by Gasteiger charge is -2.34. The maximum atomic E-state index is 13.4. The quantitative estimate of drug-likeness (QED) is 0.430. The third-order valence-electron chi connectivity index (χ3n) is 6.04. The predicted molar refractivity (Wildman–Crippen MR) is 136 cm³/mol. The van der Waals surface area contributed by atoms with E-state index in [2.05, 4.69) is 10.6 Å². The standard InChI is InChI=1S/C26H27ClN4O4/c1-17-7-9-18(10-8-17)21(15-23(32)33)28-26(35)29-24-22(30-12-4-13-30)11-14-31(25(24)34)16-19-5-2-3-6-20(19)27/h2-3,5-11,14,21H,4,12-13,15-16H2,1H3,(H,32,33)(H2,28,29,35)/t21-/m0/s1. The Morgan fingerprint density at radius 3 is 2.43 bits per heavy atom. The molecule has 9 heteroatoms. The molecular formula is C26H27ClN4O4. The number of hydrogen-bond donors (Lipinski definition) is 3. The Labute approximate surface area is 208 Å². The first kappa shape index (κ1) is 24.3. The van der Waals surface area contributed by atoms with Gasteiger partial charge in [0.25, 0.3) is 5.56 Å². The van der Waals surface area contributed by atoms with Crippen molar-refractivity contribution in [3.05, 3.63) is 92.9 Å². The molecule has 3 N–H and O–H groups in total. The molecule has 4 rings (SSSR count). The molecule has 0 radical (unpaired) electrons. The van der Waals surface area contributed by atoms with Crippen LogP contribution in [0.1, 0.15) is 35.6 Å². The van der Waals surface area contributed by atoms with Crippen molar-refractivity contribution < 1.29 is 14.7 Å². The van der Waals surface area contributed by atoms with E-state index < -0.39 is 18.0 Å². The molecule has 1 saturated heterocycles. The minimum atomic E-state index is -1.04. The number of hydrogen-bond acceptors (Lipinski definition) is 4. The lowest BCUT2D eigenvalue weighted by molar-refractivity contribution is -0.137. The van der Waals surface area contributed by atoms with Crippen LogP contribution >= 0.6 is 11.6 Å². The van der Waals surface area contributed by atoms with Crippen LogP contribution < -0.4 is 21.1 Å². The van der Waals surface area contributed by atoms with Crippen LogP contribution in [0.15, 0.2) is 65.6 Å². The maximum Gasteiger partial charge on any atom is 0.319 e. The van der Waals surface area contributed by atoms with Gasteiger partial charge in [-0.05, 0) is 36.6 Å². The number of amides is 2. The zero-order valence-corrected chi connectivity index (χ0v) is 20.1. The summed E-state index contributed by atoms with van der Waals surface area (Å²) < 4.78 is 1.49. The van der Waals surface area contributed by atoms with E-state index in [1.807, 2.05) is 48.2 Å². The first-order valence-electron chi connectivity index (χ1n) is 11.4. The van der Waals surface area contributed by atoms with Crippen LogP contribution in [-0.4, -0.2) is 34.8 Å². The van der Waals surface area contributed by atoms with Crippen LogP contribution in [0.4, 0.5) is 16.2 Å². The molecule has 1 aliphatic rings. The number of rotatable bonds is 8. The molecule has 0 spiro atoms. The number of pyridine rings is 1. The van der Waals surface area contributed by atoms with E-state index >= 15 is 0 Å². The normalized spacial score (nSPS) is 13.6. The molecule has 8 nitrogen and oxygen atoms in total. The largest absolute Gasteiger partial charge is 0.481 e. The number of nitrogens with zero attached hydrogens (tertiary/aromatic N) is 2. The molecule has 1 aliphatic heterocycles. The molecule has 1 fully saturated rings. The number of aryl methyl sites for hydroxylation is 1. The van der Waals surface area contributed by atoms with Crippen molar-refractivity contribution in [1.29, 1.82) is 0 Å². The third kappa shape index (κ3) is 5.84. The summed E-state index contributed by atoms with van der Waals surface area (Å²) in [5.41, 5.74) is 2.89. The zero-order chi connectivity index (χ0) is 24.9. The van der Waals surface area contributed by atoms with Crippen LogP contribution in [0.3, 0.4) is 0 Å². The molecule has 2 aromatic carbocycles. The molecule has 2 amide bonds. The van der Waals surface area contributed by atoms with Crippen molar-refractivity contribution in [3.63, 3.8) is 0 Å². The second-order valence-electron chi connectivity index (χ2n) is 8.60. The first-order chi connectivity index (χ1) is 16.8. The SMILES string of the molecule is Cc1ccc([C@H](CC(=O)O)NC(=O)Nc2c(N3CCC3)ccn(Cc3ccccc3Cl)c2=O)cc1. The van der Waals surface area contributed by atoms with Crippen molar-refractivity contribution in [2.45, 2.75) is 32.4 Å². The molecule has 182 valence electrons. The minimum Gasteiger partial charge on any atom is -0.481 e. The molecule has 0 unspecified atom stereocenters. The fourth-order valence-electron chi connectivity index (χ4n) is 3.97. The van der Waals surface area contributed by atoms with E-state index in [4.69, 9.17) is 11.6 Å². The molecule has 0 bridgehead atoms. The summed E-state index contributed by atoms with van der Waals surface area (Å²) in [5, 5.41) is 15.3. The van der Waals surface area contributed by atoms with Gasteiger partial charge in [-0.1, -0.05) is 59.6 Å². The minimum absolute atomic E-state index is 0.148. The number of halogens is 1. The molecule has 2 heterocycles. The van der Waals surface area contributed by atoms with E-state index in [0.717, 1.165) is 30.6 Å². The number of carbonyl (C=O) groups is 2. The number of nitrogens with one attached hydrogen (secondary N) is 2. The Morgan fingerprint density at radius 2 is 1.80 bits per heavy atom. The van der Waals surface area contributed by atoms with Crippen molar-refractivity contribution >= 4 is 35.0 Å². The molecule has 0 aliphatic carbocycles. The van der Waals surface area contributed by atoms with E-state index in [0.29, 0.717) is 16.3 Å². The van der Waals surface area contributed by atoms with Crippen molar-refractivity contribution in [3.8, 4) is 0 Å². The smallest absolute Gasteiger partial charge is 0.319 e. The van der Waals surface area contributed by atoms with Crippen molar-refractivity contribution in [1.82, 2.24) is 9.88 Å². The maximum absolute atomic E-state index is 13.4. The average Bonchev–Trinajstić information content (AvgIpc) is 2.78. The topological polar surface area (TPSA) is 104 Å². The fourth-order valence-corrected chi connectivity index (χ4v) is 4.17. The van der Waals surface area contributed by atoms with Gasteiger partial charge in [0, 0.05) is 24.3 Å². The highest BCUT2D eigenvalue weighted by atomic mass is 35.5. The number of benzene rings is 2. The Balaban J connectivity index is 1.61. The van der Waals surface area contributed by atoms with Gasteiger partial charge in [-0.25, -0.2) is 4.79 Å². The van der Waals surface area contributed by atoms with Crippen LogP contribution in [0.25, 0.3) is 0 Å². The van der Waals surface area contributed by atoms with Gasteiger partial charge >= 0.3 is 12.0 Å². The summed E-state index contributed by atoms with van der Waals surface area (Å²) in [7, 11) is 0. The van der Waals surface area contributed by atoms with Crippen molar-refractivity contribution in [2.24, 2.45) is 0 Å². The van der Waals surface area contributed by atoms with Gasteiger partial charge in [0.2, 0.25) is 0 Å². The van der Waals surface area contributed by atoms with E-state index in [1.54, 1.807) is 24.4 Å². The van der Waals surface area contributed by atoms with Crippen molar-refractivity contribution in [2.75, 3.05) is 23.3 Å². The van der Waals surface area contributed by atoms with Crippen LogP contribution in [0.2, 0.25) is 5.02 Å². The number of carbonyl (C=O) groups excluding carboxylic acids is 1. The highest BCUT2D eigenvalue weighted by Gasteiger charge is 2.24. The molecule has 1 atom stereocenters. The molecule has 35 heavy (non-hydrogen) atoms. The highest BCUT2D eigenvalue weighted by molar-refractivity contribution is 6.31. The lowest BCUT2D eigenvalue weighted by atomic mass is 10.0. The Bertz CT molecular complexity index is 1290. The Hall–Kier alpha value is -3.78. The Kier molecular flexibility index (Phi) is 7.41. The molecule has 1 aromatic heterocycles. The van der Waals surface area contributed by atoms with Gasteiger partial charge in [-0.15, -0.1) is 0 Å². The number of carboxylic acids is 1. The second-order valence-corrected chi connectivity index (χ2v) is 9.01. The number of aromatic nitrogens is 1. The Morgan fingerprint density at radius 1 is 1.09 bits per heavy atom. The monoisotopic (exact) mass is 494 g/mol. The summed E-state index contributed by atoms with van der Waals surface area (Å²) in [5.74, 6) is -1.04. The summed E-state index contributed by atoms with van der Waals surface area (Å²) in [6.07, 6.45) is 2.41. The van der Waals surface area contributed by atoms with Crippen LogP contribution in [-0.2, 0) is 11.3 Å². The van der Waals surface area contributed by atoms with Gasteiger partial charge in [0.05, 0.1) is 24.7 Å². The fraction of sp³-hybridized carbons (Fsp3) is 0.269. The van der Waals surface area contributed by atoms with Gasteiger partial charge in [-0.2, -0.15) is 0 Å². The lowest BCUT2D eigenvalue weighted by Crippen LogP contribution is -2.41. The van der Waals surface area contributed by atoms with Crippen LogP contribution in [0.5, 0.6) is 0 Å². The number of urea groups is 1. The molecule has 3 aromatic rings. The van der Waals surface area contributed by atoms with E-state index in [1.165, 1.54) is 4.57 Å².